The fraction of sp³-hybridized carbons (Fsp3) is 0.500. The van der Waals surface area contributed by atoms with Gasteiger partial charge in [0.05, 0.1) is 24.9 Å². The molecule has 2 aliphatic heterocycles. The van der Waals surface area contributed by atoms with E-state index in [0.717, 1.165) is 43.2 Å². The Morgan fingerprint density at radius 1 is 1.23 bits per heavy atom. The molecule has 0 bridgehead atoms. The molecule has 3 aliphatic rings. The first-order valence-corrected chi connectivity index (χ1v) is 10.4. The highest BCUT2D eigenvalue weighted by Gasteiger charge is 2.42. The van der Waals surface area contributed by atoms with E-state index in [4.69, 9.17) is 4.74 Å². The number of halogens is 2. The highest BCUT2D eigenvalue weighted by Crippen LogP contribution is 2.49. The van der Waals surface area contributed by atoms with E-state index in [1.54, 1.807) is 0 Å². The Hall–Kier alpha value is -2.45. The van der Waals surface area contributed by atoms with Crippen LogP contribution >= 0.6 is 0 Å². The van der Waals surface area contributed by atoms with E-state index in [1.165, 1.54) is 6.07 Å². The molecule has 30 heavy (non-hydrogen) atoms. The topological polar surface area (TPSA) is 79.6 Å². The number of hydrogen-bond donors (Lipinski definition) is 2. The van der Waals surface area contributed by atoms with Crippen molar-refractivity contribution in [3.63, 3.8) is 0 Å². The number of aliphatic imine (C=N–C) groups is 1. The van der Waals surface area contributed by atoms with Crippen LogP contribution < -0.4 is 5.32 Å². The molecule has 0 amide bonds. The van der Waals surface area contributed by atoms with Gasteiger partial charge in [0.25, 0.3) is 0 Å². The molecule has 5 rings (SSSR count). The Balaban J connectivity index is 1.51. The minimum absolute atomic E-state index is 0.0311. The molecular weight excluding hydrogens is 390 g/mol. The Kier molecular flexibility index (Phi) is 4.78. The lowest BCUT2D eigenvalue weighted by Crippen LogP contribution is -2.42. The van der Waals surface area contributed by atoms with Crippen LogP contribution in [0.15, 0.2) is 23.3 Å². The molecule has 6 nitrogen and oxygen atoms in total. The van der Waals surface area contributed by atoms with Crippen molar-refractivity contribution in [3.8, 4) is 11.3 Å². The van der Waals surface area contributed by atoms with Crippen molar-refractivity contribution in [1.82, 2.24) is 9.97 Å². The van der Waals surface area contributed by atoms with E-state index < -0.39 is 17.7 Å². The third-order valence-corrected chi connectivity index (χ3v) is 6.54. The predicted molar refractivity (Wildman–Crippen MR) is 109 cm³/mol. The number of aromatic nitrogens is 2. The number of anilines is 1. The maximum absolute atomic E-state index is 15.0. The van der Waals surface area contributed by atoms with E-state index in [-0.39, 0.29) is 29.7 Å². The first kappa shape index (κ1) is 19.5. The van der Waals surface area contributed by atoms with Gasteiger partial charge in [0, 0.05) is 23.3 Å². The summed E-state index contributed by atoms with van der Waals surface area (Å²) in [6.45, 7) is 2.83. The van der Waals surface area contributed by atoms with E-state index in [1.807, 2.05) is 6.07 Å². The summed E-state index contributed by atoms with van der Waals surface area (Å²) in [5.74, 6) is -0.891. The summed E-state index contributed by atoms with van der Waals surface area (Å²) >= 11 is 0. The van der Waals surface area contributed by atoms with Gasteiger partial charge in [0.1, 0.15) is 17.2 Å². The lowest BCUT2D eigenvalue weighted by Gasteiger charge is -2.32. The Labute approximate surface area is 173 Å². The van der Waals surface area contributed by atoms with Crippen molar-refractivity contribution >= 4 is 17.3 Å². The lowest BCUT2D eigenvalue weighted by molar-refractivity contribution is -0.0136. The summed E-state index contributed by atoms with van der Waals surface area (Å²) in [5.41, 5.74) is 2.28. The van der Waals surface area contributed by atoms with Gasteiger partial charge in [-0.05, 0) is 43.4 Å². The summed E-state index contributed by atoms with van der Waals surface area (Å²) in [5, 5.41) is 13.1. The van der Waals surface area contributed by atoms with Gasteiger partial charge in [-0.25, -0.2) is 18.7 Å². The largest absolute Gasteiger partial charge is 0.389 e. The average Bonchev–Trinajstić information content (AvgIpc) is 3.04. The number of aliphatic hydroxyl groups is 1. The molecule has 1 aromatic heterocycles. The number of aliphatic hydroxyl groups excluding tert-OH is 1. The smallest absolute Gasteiger partial charge is 0.223 e. The summed E-state index contributed by atoms with van der Waals surface area (Å²) in [7, 11) is 0. The molecular formula is C22H24F2N4O2. The van der Waals surface area contributed by atoms with Gasteiger partial charge in [0.2, 0.25) is 5.95 Å². The molecule has 1 saturated carbocycles. The van der Waals surface area contributed by atoms with E-state index in [9.17, 15) is 13.9 Å². The van der Waals surface area contributed by atoms with Crippen molar-refractivity contribution in [1.29, 1.82) is 0 Å². The highest BCUT2D eigenvalue weighted by molar-refractivity contribution is 6.02. The normalized spacial score (nSPS) is 27.9. The maximum atomic E-state index is 15.0. The fourth-order valence-corrected chi connectivity index (χ4v) is 4.76. The third kappa shape index (κ3) is 3.18. The van der Waals surface area contributed by atoms with Crippen LogP contribution in [0.25, 0.3) is 11.3 Å². The minimum atomic E-state index is -0.699. The zero-order valence-electron chi connectivity index (χ0n) is 16.8. The van der Waals surface area contributed by atoms with Crippen LogP contribution in [0.1, 0.15) is 44.6 Å². The molecule has 1 unspecified atom stereocenters. The molecule has 3 atom stereocenters. The molecule has 1 aromatic carbocycles. The van der Waals surface area contributed by atoms with E-state index in [2.05, 4.69) is 27.2 Å². The maximum Gasteiger partial charge on any atom is 0.223 e. The first-order valence-electron chi connectivity index (χ1n) is 10.4. The number of nitrogens with zero attached hydrogens (tertiary/aromatic N) is 3. The van der Waals surface area contributed by atoms with Gasteiger partial charge in [0.15, 0.2) is 5.82 Å². The third-order valence-electron chi connectivity index (χ3n) is 6.54. The van der Waals surface area contributed by atoms with E-state index in [0.29, 0.717) is 24.3 Å². The van der Waals surface area contributed by atoms with E-state index >= 15 is 0 Å². The number of ether oxygens (including phenoxy) is 1. The Morgan fingerprint density at radius 2 is 2.10 bits per heavy atom. The van der Waals surface area contributed by atoms with Crippen LogP contribution in [0.2, 0.25) is 0 Å². The number of nitrogens with one attached hydrogen (secondary N) is 1. The predicted octanol–water partition coefficient (Wildman–Crippen LogP) is 3.90. The lowest BCUT2D eigenvalue weighted by atomic mass is 9.70. The molecule has 2 aromatic rings. The molecule has 0 radical (unpaired) electrons. The zero-order chi connectivity index (χ0) is 20.9. The van der Waals surface area contributed by atoms with Crippen molar-refractivity contribution in [2.75, 3.05) is 18.5 Å². The Morgan fingerprint density at radius 3 is 2.93 bits per heavy atom. The molecule has 1 aliphatic carbocycles. The van der Waals surface area contributed by atoms with Gasteiger partial charge in [-0.2, -0.15) is 0 Å². The van der Waals surface area contributed by atoms with Gasteiger partial charge in [-0.3, -0.25) is 4.99 Å². The SMILES string of the molecule is CC12CCCCC1=Nc1c(F)cc(-c3nc(N[C@@H]4CCOC[C@H]4O)ncc3F)cc12. The van der Waals surface area contributed by atoms with Crippen LogP contribution in [0.5, 0.6) is 0 Å². The Bertz CT molecular complexity index is 1030. The molecule has 0 spiro atoms. The number of fused-ring (bicyclic) bond motifs is 3. The number of hydrogen-bond acceptors (Lipinski definition) is 6. The minimum Gasteiger partial charge on any atom is -0.389 e. The van der Waals surface area contributed by atoms with Crippen LogP contribution in [0.4, 0.5) is 20.4 Å². The number of rotatable bonds is 3. The molecule has 8 heteroatoms. The van der Waals surface area contributed by atoms with Gasteiger partial charge in [-0.15, -0.1) is 0 Å². The summed E-state index contributed by atoms with van der Waals surface area (Å²) in [6, 6.07) is 2.83. The molecule has 2 fully saturated rings. The van der Waals surface area contributed by atoms with Crippen molar-refractivity contribution in [3.05, 3.63) is 35.5 Å². The van der Waals surface area contributed by atoms with Gasteiger partial charge in [-0.1, -0.05) is 13.3 Å². The van der Waals surface area contributed by atoms with Crippen LogP contribution in [0.3, 0.4) is 0 Å². The molecule has 3 heterocycles. The monoisotopic (exact) mass is 414 g/mol. The van der Waals surface area contributed by atoms with Crippen LogP contribution in [-0.4, -0.2) is 46.1 Å². The second-order valence-electron chi connectivity index (χ2n) is 8.52. The van der Waals surface area contributed by atoms with Crippen LogP contribution in [-0.2, 0) is 10.2 Å². The summed E-state index contributed by atoms with van der Waals surface area (Å²) < 4.78 is 34.8. The summed E-state index contributed by atoms with van der Waals surface area (Å²) in [6.07, 6.45) is 4.85. The molecule has 2 N–H and O–H groups in total. The highest BCUT2D eigenvalue weighted by atomic mass is 19.1. The summed E-state index contributed by atoms with van der Waals surface area (Å²) in [4.78, 5) is 12.9. The molecule has 1 saturated heterocycles. The standard InChI is InChI=1S/C22H24F2N4O2/c1-22-6-3-2-4-18(22)27-20-13(22)8-12(9-14(20)23)19-15(24)10-25-21(28-19)26-16-5-7-30-11-17(16)29/h8-10,16-17,29H,2-7,11H2,1H3,(H,25,26,28)/t16-,17-,22?/m1/s1. The first-order chi connectivity index (χ1) is 14.5. The zero-order valence-corrected chi connectivity index (χ0v) is 16.8. The fourth-order valence-electron chi connectivity index (χ4n) is 4.76. The van der Waals surface area contributed by atoms with Gasteiger partial charge >= 0.3 is 0 Å². The second-order valence-corrected chi connectivity index (χ2v) is 8.52. The average molecular weight is 414 g/mol. The second kappa shape index (κ2) is 7.35. The molecule has 158 valence electrons. The number of benzene rings is 1. The van der Waals surface area contributed by atoms with Crippen molar-refractivity contribution in [2.45, 2.75) is 56.6 Å². The quantitative estimate of drug-likeness (QED) is 0.796. The van der Waals surface area contributed by atoms with Crippen molar-refractivity contribution in [2.24, 2.45) is 4.99 Å². The van der Waals surface area contributed by atoms with Crippen LogP contribution in [0, 0.1) is 11.6 Å². The van der Waals surface area contributed by atoms with Gasteiger partial charge < -0.3 is 15.2 Å². The van der Waals surface area contributed by atoms with Crippen molar-refractivity contribution < 1.29 is 18.6 Å².